The Kier molecular flexibility index (Phi) is 10.9. The minimum Gasteiger partial charge on any atom is -0.147 e. The van der Waals surface area contributed by atoms with Crippen LogP contribution in [0.25, 0.3) is 12.2 Å². The molecule has 2 unspecified atom stereocenters. The average Bonchev–Trinajstić information content (AvgIpc) is 3.32. The van der Waals surface area contributed by atoms with Crippen LogP contribution in [0, 0.1) is 17.8 Å². The zero-order valence-electron chi connectivity index (χ0n) is 17.5. The summed E-state index contributed by atoms with van der Waals surface area (Å²) in [7, 11) is 0. The van der Waals surface area contributed by atoms with Crippen molar-refractivity contribution in [3.05, 3.63) is 82.9 Å². The van der Waals surface area contributed by atoms with Gasteiger partial charge in [0.1, 0.15) is 0 Å². The van der Waals surface area contributed by atoms with Crippen LogP contribution in [0.4, 0.5) is 0 Å². The van der Waals surface area contributed by atoms with Crippen LogP contribution in [-0.2, 0) is 26.2 Å². The number of allylic oxidation sites excluding steroid dienone is 2. The Balaban J connectivity index is 0.00000150. The molecule has 4 rings (SSSR count). The van der Waals surface area contributed by atoms with Crippen LogP contribution in [0.2, 0.25) is 0 Å². The molecule has 0 N–H and O–H groups in total. The number of unbranched alkanes of at least 4 members (excludes halogenated alkanes) is 3. The second-order valence-corrected chi connectivity index (χ2v) is 8.20. The fourth-order valence-electron chi connectivity index (χ4n) is 5.06. The molecule has 2 aliphatic rings. The van der Waals surface area contributed by atoms with Crippen LogP contribution in [0.15, 0.2) is 60.7 Å². The monoisotopic (exact) mass is 514 g/mol. The minimum absolute atomic E-state index is 0. The standard InChI is InChI=1S/C27H28.2ClH.Zr/c1-3-4-5-6-11-20-27(2,25-18-16-21-12-7-9-14-23(21)25)26-19-17-22-13-8-10-15-24(22)26;;;/h1,7-10,12-19,25-26H,4-6,11,20H2,2H3;2*1H;. The fraction of sp³-hybridized carbons (Fsp3) is 0.333. The molecule has 156 valence electrons. The van der Waals surface area contributed by atoms with E-state index in [0.717, 1.165) is 12.8 Å². The van der Waals surface area contributed by atoms with Gasteiger partial charge in [0, 0.05) is 44.5 Å². The van der Waals surface area contributed by atoms with Gasteiger partial charge in [-0.3, -0.25) is 0 Å². The fourth-order valence-corrected chi connectivity index (χ4v) is 5.06. The first kappa shape index (κ1) is 27.0. The molecule has 0 heterocycles. The molecule has 0 saturated heterocycles. The third kappa shape index (κ3) is 5.22. The Bertz CT molecular complexity index is 861. The zero-order chi connectivity index (χ0) is 18.7. The number of hydrogen-bond acceptors (Lipinski definition) is 0. The summed E-state index contributed by atoms with van der Waals surface area (Å²) in [5.74, 6) is 3.70. The third-order valence-corrected chi connectivity index (χ3v) is 6.56. The Morgan fingerprint density at radius 1 is 0.800 bits per heavy atom. The molecule has 2 aromatic rings. The normalized spacial score (nSPS) is 19.3. The number of fused-ring (bicyclic) bond motifs is 2. The molecule has 2 aliphatic carbocycles. The van der Waals surface area contributed by atoms with Crippen LogP contribution >= 0.6 is 24.8 Å². The van der Waals surface area contributed by atoms with Gasteiger partial charge in [0.2, 0.25) is 0 Å². The van der Waals surface area contributed by atoms with Crippen molar-refractivity contribution in [2.45, 2.75) is 50.9 Å². The number of benzene rings is 2. The predicted molar refractivity (Wildman–Crippen MR) is 131 cm³/mol. The van der Waals surface area contributed by atoms with Crippen LogP contribution in [0.1, 0.15) is 73.1 Å². The number of halogens is 2. The Morgan fingerprint density at radius 3 is 1.80 bits per heavy atom. The van der Waals surface area contributed by atoms with Gasteiger partial charge in [0.25, 0.3) is 0 Å². The van der Waals surface area contributed by atoms with E-state index in [0.29, 0.717) is 11.8 Å². The number of rotatable bonds is 7. The molecule has 0 saturated carbocycles. The second kappa shape index (κ2) is 12.1. The van der Waals surface area contributed by atoms with Crippen LogP contribution in [0.5, 0.6) is 0 Å². The average molecular weight is 517 g/mol. The van der Waals surface area contributed by atoms with Gasteiger partial charge in [-0.05, 0) is 40.5 Å². The molecule has 0 aromatic heterocycles. The van der Waals surface area contributed by atoms with Crippen molar-refractivity contribution < 1.29 is 26.2 Å². The van der Waals surface area contributed by atoms with E-state index < -0.39 is 0 Å². The maximum absolute atomic E-state index is 5.43. The van der Waals surface area contributed by atoms with E-state index in [2.05, 4.69) is 85.7 Å². The summed E-state index contributed by atoms with van der Waals surface area (Å²) in [6, 6.07) is 17.8. The van der Waals surface area contributed by atoms with Gasteiger partial charge >= 0.3 is 0 Å². The Labute approximate surface area is 213 Å². The summed E-state index contributed by atoms with van der Waals surface area (Å²) < 4.78 is 0. The van der Waals surface area contributed by atoms with E-state index in [1.165, 1.54) is 41.5 Å². The first-order valence-electron chi connectivity index (χ1n) is 10.2. The Hall–Kier alpha value is -1.06. The maximum atomic E-state index is 5.43. The van der Waals surface area contributed by atoms with Gasteiger partial charge < -0.3 is 0 Å². The summed E-state index contributed by atoms with van der Waals surface area (Å²) >= 11 is 0. The topological polar surface area (TPSA) is 0 Å². The van der Waals surface area contributed by atoms with Crippen LogP contribution in [-0.4, -0.2) is 0 Å². The van der Waals surface area contributed by atoms with E-state index in [9.17, 15) is 0 Å². The summed E-state index contributed by atoms with van der Waals surface area (Å²) in [6.45, 7) is 2.50. The van der Waals surface area contributed by atoms with E-state index in [4.69, 9.17) is 6.42 Å². The van der Waals surface area contributed by atoms with Crippen LogP contribution < -0.4 is 0 Å². The number of hydrogen-bond donors (Lipinski definition) is 0. The van der Waals surface area contributed by atoms with Crippen molar-refractivity contribution in [2.75, 3.05) is 0 Å². The summed E-state index contributed by atoms with van der Waals surface area (Å²) in [5.41, 5.74) is 5.91. The van der Waals surface area contributed by atoms with Crippen molar-refractivity contribution in [1.82, 2.24) is 0 Å². The van der Waals surface area contributed by atoms with E-state index in [-0.39, 0.29) is 56.4 Å². The SMILES string of the molecule is C#CCCCCCC(C)(C1C=Cc2ccccc21)C1C=Cc2ccccc21.Cl.Cl.[Zr]. The van der Waals surface area contributed by atoms with Gasteiger partial charge in [-0.2, -0.15) is 0 Å². The first-order valence-corrected chi connectivity index (χ1v) is 10.2. The van der Waals surface area contributed by atoms with Gasteiger partial charge in [0.05, 0.1) is 0 Å². The number of terminal acetylenes is 1. The molecular formula is C27H30Cl2Zr. The zero-order valence-corrected chi connectivity index (χ0v) is 21.6. The van der Waals surface area contributed by atoms with Gasteiger partial charge in [-0.25, -0.2) is 0 Å². The maximum Gasteiger partial charge on any atom is 0.00899 e. The minimum atomic E-state index is 0. The molecule has 0 bridgehead atoms. The van der Waals surface area contributed by atoms with Crippen molar-refractivity contribution in [3.8, 4) is 12.3 Å². The smallest absolute Gasteiger partial charge is 0.00899 e. The summed E-state index contributed by atoms with van der Waals surface area (Å²) in [6.07, 6.45) is 20.7. The van der Waals surface area contributed by atoms with Crippen molar-refractivity contribution in [2.24, 2.45) is 5.41 Å². The molecule has 0 spiro atoms. The second-order valence-electron chi connectivity index (χ2n) is 8.20. The molecular weight excluding hydrogens is 486 g/mol. The van der Waals surface area contributed by atoms with Gasteiger partial charge in [-0.1, -0.05) is 92.6 Å². The predicted octanol–water partition coefficient (Wildman–Crippen LogP) is 8.04. The summed E-state index contributed by atoms with van der Waals surface area (Å²) in [4.78, 5) is 0. The van der Waals surface area contributed by atoms with E-state index in [1.54, 1.807) is 0 Å². The quantitative estimate of drug-likeness (QED) is 0.258. The molecule has 0 nitrogen and oxygen atoms in total. The van der Waals surface area contributed by atoms with Crippen molar-refractivity contribution in [1.29, 1.82) is 0 Å². The largest absolute Gasteiger partial charge is 0.147 e. The van der Waals surface area contributed by atoms with Crippen molar-refractivity contribution in [3.63, 3.8) is 0 Å². The first-order chi connectivity index (χ1) is 13.2. The molecule has 0 radical (unpaired) electrons. The summed E-state index contributed by atoms with van der Waals surface area (Å²) in [5, 5.41) is 0. The molecule has 0 amide bonds. The molecule has 0 aliphatic heterocycles. The van der Waals surface area contributed by atoms with Crippen LogP contribution in [0.3, 0.4) is 0 Å². The molecule has 2 atom stereocenters. The molecule has 0 fully saturated rings. The molecule has 2 aromatic carbocycles. The van der Waals surface area contributed by atoms with E-state index in [1.807, 2.05) is 0 Å². The molecule has 30 heavy (non-hydrogen) atoms. The van der Waals surface area contributed by atoms with E-state index >= 15 is 0 Å². The third-order valence-electron chi connectivity index (χ3n) is 6.56. The van der Waals surface area contributed by atoms with Gasteiger partial charge in [0.15, 0.2) is 0 Å². The van der Waals surface area contributed by atoms with Crippen molar-refractivity contribution >= 4 is 37.0 Å². The Morgan fingerprint density at radius 2 is 1.30 bits per heavy atom. The molecule has 3 heteroatoms. The van der Waals surface area contributed by atoms with Gasteiger partial charge in [-0.15, -0.1) is 37.2 Å².